The van der Waals surface area contributed by atoms with Crippen LogP contribution in [0.15, 0.2) is 37.0 Å². The van der Waals surface area contributed by atoms with Gasteiger partial charge >= 0.3 is 0 Å². The number of aliphatic hydroxyl groups is 1. The number of benzene rings is 1. The number of pyridine rings is 1. The summed E-state index contributed by atoms with van der Waals surface area (Å²) in [5.74, 6) is -0.625. The molecule has 2 aromatic rings. The van der Waals surface area contributed by atoms with Gasteiger partial charge in [0.05, 0.1) is 5.69 Å². The second kappa shape index (κ2) is 7.19. The average Bonchev–Trinajstić information content (AvgIpc) is 2.54. The first-order chi connectivity index (χ1) is 11.5. The molecule has 0 radical (unpaired) electrons. The molecule has 3 rings (SSSR count). The lowest BCUT2D eigenvalue weighted by Gasteiger charge is -2.30. The third kappa shape index (κ3) is 3.47. The molecule has 1 aliphatic carbocycles. The van der Waals surface area contributed by atoms with Gasteiger partial charge in [-0.25, -0.2) is 4.39 Å². The van der Waals surface area contributed by atoms with Gasteiger partial charge in [-0.15, -0.1) is 0 Å². The molecular weight excluding hydrogens is 350 g/mol. The molecule has 126 valence electrons. The maximum absolute atomic E-state index is 14.0. The molecular formula is C18H17Cl2FN2O. The van der Waals surface area contributed by atoms with Crippen LogP contribution in [0.2, 0.25) is 10.0 Å². The third-order valence-corrected chi connectivity index (χ3v) is 4.86. The Bertz CT molecular complexity index is 758. The monoisotopic (exact) mass is 366 g/mol. The van der Waals surface area contributed by atoms with Gasteiger partial charge in [0.1, 0.15) is 12.0 Å². The van der Waals surface area contributed by atoms with Crippen molar-refractivity contribution in [2.45, 2.75) is 31.5 Å². The van der Waals surface area contributed by atoms with Crippen LogP contribution in [0.5, 0.6) is 0 Å². The largest absolute Gasteiger partial charge is 0.378 e. The number of hydrogen-bond acceptors (Lipinski definition) is 3. The first-order valence-corrected chi connectivity index (χ1v) is 8.41. The van der Waals surface area contributed by atoms with Crippen molar-refractivity contribution < 1.29 is 9.50 Å². The lowest BCUT2D eigenvalue weighted by molar-refractivity contribution is 0.100. The van der Waals surface area contributed by atoms with Crippen LogP contribution in [0.25, 0.3) is 5.57 Å². The Balaban J connectivity index is 1.76. The fourth-order valence-electron chi connectivity index (χ4n) is 3.03. The maximum atomic E-state index is 14.0. The Morgan fingerprint density at radius 1 is 1.42 bits per heavy atom. The summed E-state index contributed by atoms with van der Waals surface area (Å²) in [6.45, 7) is 4.14. The number of nitrogens with one attached hydrogen (secondary N) is 1. The molecule has 2 N–H and O–H groups in total. The molecule has 1 heterocycles. The van der Waals surface area contributed by atoms with E-state index in [1.807, 2.05) is 12.1 Å². The highest BCUT2D eigenvalue weighted by molar-refractivity contribution is 6.35. The minimum Gasteiger partial charge on any atom is -0.378 e. The summed E-state index contributed by atoms with van der Waals surface area (Å²) in [6, 6.07) is 6.48. The number of aromatic nitrogens is 1. The number of hydrogen-bond donors (Lipinski definition) is 2. The molecule has 3 nitrogen and oxygen atoms in total. The molecule has 0 saturated carbocycles. The molecule has 1 aliphatic rings. The Labute approximate surface area is 150 Å². The van der Waals surface area contributed by atoms with Crippen molar-refractivity contribution in [1.82, 2.24) is 10.3 Å². The van der Waals surface area contributed by atoms with E-state index in [1.165, 1.54) is 12.1 Å². The van der Waals surface area contributed by atoms with Crippen LogP contribution in [0.1, 0.15) is 35.6 Å². The molecule has 0 bridgehead atoms. The zero-order valence-corrected chi connectivity index (χ0v) is 14.4. The van der Waals surface area contributed by atoms with Crippen molar-refractivity contribution in [3.63, 3.8) is 0 Å². The van der Waals surface area contributed by atoms with E-state index in [-0.39, 0.29) is 28.1 Å². The second-order valence-electron chi connectivity index (χ2n) is 5.86. The number of halogens is 3. The summed E-state index contributed by atoms with van der Waals surface area (Å²) in [5.41, 5.74) is 3.05. The SMILES string of the molecule is C=C1CCC(C(O)NCc2c(F)cc(Cl)cc2Cl)c2cccnc21. The number of rotatable bonds is 4. The topological polar surface area (TPSA) is 45.1 Å². The molecule has 1 aromatic heterocycles. The average molecular weight is 367 g/mol. The number of allylic oxidation sites excluding steroid dienone is 1. The molecule has 6 heteroatoms. The van der Waals surface area contributed by atoms with Crippen molar-refractivity contribution in [1.29, 1.82) is 0 Å². The van der Waals surface area contributed by atoms with Crippen LogP contribution in [0.3, 0.4) is 0 Å². The van der Waals surface area contributed by atoms with E-state index in [0.717, 1.165) is 29.7 Å². The highest BCUT2D eigenvalue weighted by Gasteiger charge is 2.28. The van der Waals surface area contributed by atoms with Crippen molar-refractivity contribution in [3.8, 4) is 0 Å². The van der Waals surface area contributed by atoms with Crippen LogP contribution in [0, 0.1) is 5.82 Å². The molecule has 24 heavy (non-hydrogen) atoms. The Kier molecular flexibility index (Phi) is 5.21. The first-order valence-electron chi connectivity index (χ1n) is 7.65. The minimum atomic E-state index is -0.841. The predicted molar refractivity (Wildman–Crippen MR) is 94.5 cm³/mol. The van der Waals surface area contributed by atoms with E-state index in [2.05, 4.69) is 16.9 Å². The van der Waals surface area contributed by atoms with E-state index in [0.29, 0.717) is 0 Å². The van der Waals surface area contributed by atoms with Crippen LogP contribution in [-0.4, -0.2) is 16.3 Å². The van der Waals surface area contributed by atoms with Crippen molar-refractivity contribution in [3.05, 3.63) is 69.7 Å². The number of aliphatic hydroxyl groups excluding tert-OH is 1. The van der Waals surface area contributed by atoms with Gasteiger partial charge in [0.25, 0.3) is 0 Å². The van der Waals surface area contributed by atoms with Crippen LogP contribution >= 0.6 is 23.2 Å². The van der Waals surface area contributed by atoms with Crippen molar-refractivity contribution in [2.24, 2.45) is 0 Å². The summed E-state index contributed by atoms with van der Waals surface area (Å²) in [4.78, 5) is 4.35. The van der Waals surface area contributed by atoms with E-state index in [1.54, 1.807) is 6.20 Å². The molecule has 2 atom stereocenters. The quantitative estimate of drug-likeness (QED) is 0.781. The summed E-state index contributed by atoms with van der Waals surface area (Å²) in [6.07, 6.45) is 2.40. The van der Waals surface area contributed by atoms with Crippen molar-refractivity contribution in [2.75, 3.05) is 0 Å². The highest BCUT2D eigenvalue weighted by atomic mass is 35.5. The molecule has 0 fully saturated rings. The fourth-order valence-corrected chi connectivity index (χ4v) is 3.57. The first kappa shape index (κ1) is 17.4. The van der Waals surface area contributed by atoms with E-state index < -0.39 is 12.0 Å². The lowest BCUT2D eigenvalue weighted by atomic mass is 9.82. The van der Waals surface area contributed by atoms with Gasteiger partial charge in [-0.05, 0) is 42.2 Å². The Morgan fingerprint density at radius 2 is 2.21 bits per heavy atom. The molecule has 2 unspecified atom stereocenters. The van der Waals surface area contributed by atoms with Gasteiger partial charge in [0.15, 0.2) is 0 Å². The summed E-state index contributed by atoms with van der Waals surface area (Å²) in [5, 5.41) is 14.0. The second-order valence-corrected chi connectivity index (χ2v) is 6.71. The molecule has 1 aromatic carbocycles. The number of fused-ring (bicyclic) bond motifs is 1. The minimum absolute atomic E-state index is 0.107. The Hall–Kier alpha value is -1.46. The molecule has 0 saturated heterocycles. The third-order valence-electron chi connectivity index (χ3n) is 4.31. The lowest BCUT2D eigenvalue weighted by Crippen LogP contribution is -2.36. The van der Waals surface area contributed by atoms with E-state index in [9.17, 15) is 9.50 Å². The van der Waals surface area contributed by atoms with Crippen LogP contribution in [-0.2, 0) is 6.54 Å². The van der Waals surface area contributed by atoms with Crippen LogP contribution in [0.4, 0.5) is 4.39 Å². The fraction of sp³-hybridized carbons (Fsp3) is 0.278. The van der Waals surface area contributed by atoms with Crippen LogP contribution < -0.4 is 5.32 Å². The van der Waals surface area contributed by atoms with Gasteiger partial charge < -0.3 is 5.11 Å². The zero-order chi connectivity index (χ0) is 17.3. The normalized spacial score (nSPS) is 18.3. The summed E-state index contributed by atoms with van der Waals surface area (Å²) >= 11 is 11.8. The molecule has 0 spiro atoms. The number of nitrogens with zero attached hydrogens (tertiary/aromatic N) is 1. The standard InChI is InChI=1S/C18H17Cl2FN2O/c1-10-4-5-13(12-3-2-6-22-17(10)12)18(24)23-9-14-15(20)7-11(19)8-16(14)21/h2-3,6-8,13,18,23-24H,1,4-5,9H2. The summed E-state index contributed by atoms with van der Waals surface area (Å²) < 4.78 is 14.0. The van der Waals surface area contributed by atoms with Gasteiger partial charge in [0.2, 0.25) is 0 Å². The summed E-state index contributed by atoms with van der Waals surface area (Å²) in [7, 11) is 0. The molecule has 0 amide bonds. The van der Waals surface area contributed by atoms with Crippen molar-refractivity contribution >= 4 is 28.8 Å². The molecule has 0 aliphatic heterocycles. The maximum Gasteiger partial charge on any atom is 0.130 e. The predicted octanol–water partition coefficient (Wildman–Crippen LogP) is 4.53. The van der Waals surface area contributed by atoms with Gasteiger partial charge in [0, 0.05) is 34.3 Å². The zero-order valence-electron chi connectivity index (χ0n) is 12.9. The van der Waals surface area contributed by atoms with Gasteiger partial charge in [-0.3, -0.25) is 10.3 Å². The van der Waals surface area contributed by atoms with E-state index in [4.69, 9.17) is 23.2 Å². The Morgan fingerprint density at radius 3 is 2.96 bits per heavy atom. The van der Waals surface area contributed by atoms with Gasteiger partial charge in [-0.1, -0.05) is 35.8 Å². The van der Waals surface area contributed by atoms with E-state index >= 15 is 0 Å². The smallest absolute Gasteiger partial charge is 0.130 e. The van der Waals surface area contributed by atoms with Gasteiger partial charge in [-0.2, -0.15) is 0 Å². The highest BCUT2D eigenvalue weighted by Crippen LogP contribution is 2.37.